The highest BCUT2D eigenvalue weighted by molar-refractivity contribution is 7.22. The molecule has 2 N–H and O–H groups in total. The molecule has 0 bridgehead atoms. The number of methoxy groups -OCH3 is 3. The second-order valence-electron chi connectivity index (χ2n) is 4.97. The molecule has 0 spiro atoms. The van der Waals surface area contributed by atoms with Crippen LogP contribution in [0.5, 0.6) is 17.2 Å². The van der Waals surface area contributed by atoms with Gasteiger partial charge in [0.1, 0.15) is 11.3 Å². The molecule has 0 aliphatic rings. The van der Waals surface area contributed by atoms with Crippen LogP contribution in [-0.2, 0) is 0 Å². The summed E-state index contributed by atoms with van der Waals surface area (Å²) in [6.07, 6.45) is 0. The van der Waals surface area contributed by atoms with Gasteiger partial charge in [-0.3, -0.25) is 15.6 Å². The molecule has 0 unspecified atom stereocenters. The maximum Gasteiger partial charge on any atom is 0.269 e. The number of hydrogen-bond donors (Lipinski definition) is 2. The Kier molecular flexibility index (Phi) is 4.90. The molecule has 0 aliphatic heterocycles. The third-order valence-electron chi connectivity index (χ3n) is 3.53. The Bertz CT molecular complexity index is 910. The number of fused-ring (bicyclic) bond motifs is 1. The minimum Gasteiger partial charge on any atom is -0.494 e. The number of rotatable bonds is 6. The van der Waals surface area contributed by atoms with Crippen LogP contribution in [-0.4, -0.2) is 32.2 Å². The standard InChI is InChI=1S/C17H17N3O4S/c1-22-11-8-7-10(9-13(11)24-3)16(21)19-20-17-18-15-12(23-2)5-4-6-14(15)25-17/h4-9H,1-3H3,(H,18,20)(H,19,21). The molecule has 3 aromatic rings. The number of thiazole rings is 1. The lowest BCUT2D eigenvalue weighted by atomic mass is 10.2. The average molecular weight is 359 g/mol. The minimum atomic E-state index is -0.313. The number of anilines is 1. The highest BCUT2D eigenvalue weighted by Crippen LogP contribution is 2.32. The van der Waals surface area contributed by atoms with Crippen LogP contribution in [0.3, 0.4) is 0 Å². The van der Waals surface area contributed by atoms with Gasteiger partial charge in [-0.15, -0.1) is 0 Å². The van der Waals surface area contributed by atoms with Gasteiger partial charge in [0, 0.05) is 5.56 Å². The van der Waals surface area contributed by atoms with Crippen LogP contribution >= 0.6 is 11.3 Å². The van der Waals surface area contributed by atoms with E-state index in [0.29, 0.717) is 27.9 Å². The molecule has 130 valence electrons. The maximum absolute atomic E-state index is 12.3. The van der Waals surface area contributed by atoms with Gasteiger partial charge in [-0.1, -0.05) is 17.4 Å². The predicted molar refractivity (Wildman–Crippen MR) is 96.8 cm³/mol. The second-order valence-corrected chi connectivity index (χ2v) is 6.01. The maximum atomic E-state index is 12.3. The van der Waals surface area contributed by atoms with Crippen molar-refractivity contribution in [3.63, 3.8) is 0 Å². The molecule has 3 rings (SSSR count). The molecule has 0 saturated heterocycles. The molecule has 2 aromatic carbocycles. The summed E-state index contributed by atoms with van der Waals surface area (Å²) in [4.78, 5) is 16.7. The zero-order valence-corrected chi connectivity index (χ0v) is 14.8. The van der Waals surface area contributed by atoms with E-state index in [4.69, 9.17) is 14.2 Å². The highest BCUT2D eigenvalue weighted by atomic mass is 32.1. The molecule has 25 heavy (non-hydrogen) atoms. The number of para-hydroxylation sites is 1. The number of hydrogen-bond acceptors (Lipinski definition) is 7. The topological polar surface area (TPSA) is 81.7 Å². The number of amides is 1. The fraction of sp³-hybridized carbons (Fsp3) is 0.176. The van der Waals surface area contributed by atoms with E-state index in [-0.39, 0.29) is 5.91 Å². The van der Waals surface area contributed by atoms with E-state index >= 15 is 0 Å². The molecule has 1 amide bonds. The summed E-state index contributed by atoms with van der Waals surface area (Å²) >= 11 is 1.42. The highest BCUT2D eigenvalue weighted by Gasteiger charge is 2.12. The van der Waals surface area contributed by atoms with Crippen LogP contribution in [0.4, 0.5) is 5.13 Å². The summed E-state index contributed by atoms with van der Waals surface area (Å²) in [5.41, 5.74) is 6.64. The number of aromatic nitrogens is 1. The molecule has 0 saturated carbocycles. The first-order valence-electron chi connectivity index (χ1n) is 7.38. The lowest BCUT2D eigenvalue weighted by Gasteiger charge is -2.10. The Morgan fingerprint density at radius 2 is 1.76 bits per heavy atom. The Balaban J connectivity index is 1.74. The molecule has 0 radical (unpaired) electrons. The first kappa shape index (κ1) is 16.8. The first-order valence-corrected chi connectivity index (χ1v) is 8.20. The van der Waals surface area contributed by atoms with Gasteiger partial charge >= 0.3 is 0 Å². The zero-order valence-electron chi connectivity index (χ0n) is 14.0. The van der Waals surface area contributed by atoms with Crippen molar-refractivity contribution in [2.75, 3.05) is 26.8 Å². The number of benzene rings is 2. The van der Waals surface area contributed by atoms with E-state index in [9.17, 15) is 4.79 Å². The largest absolute Gasteiger partial charge is 0.494 e. The monoisotopic (exact) mass is 359 g/mol. The van der Waals surface area contributed by atoms with Crippen LogP contribution in [0.25, 0.3) is 10.2 Å². The Morgan fingerprint density at radius 3 is 2.48 bits per heavy atom. The molecule has 1 heterocycles. The molecule has 8 heteroatoms. The molecule has 1 aromatic heterocycles. The van der Waals surface area contributed by atoms with Gasteiger partial charge in [-0.05, 0) is 30.3 Å². The van der Waals surface area contributed by atoms with Crippen LogP contribution < -0.4 is 25.1 Å². The van der Waals surface area contributed by atoms with E-state index < -0.39 is 0 Å². The quantitative estimate of drug-likeness (QED) is 0.658. The van der Waals surface area contributed by atoms with Crippen molar-refractivity contribution >= 4 is 32.6 Å². The number of ether oxygens (including phenoxy) is 3. The van der Waals surface area contributed by atoms with E-state index in [2.05, 4.69) is 15.8 Å². The number of nitrogens with zero attached hydrogens (tertiary/aromatic N) is 1. The summed E-state index contributed by atoms with van der Waals surface area (Å²) in [5.74, 6) is 1.42. The van der Waals surface area contributed by atoms with Crippen molar-refractivity contribution in [1.82, 2.24) is 10.4 Å². The van der Waals surface area contributed by atoms with E-state index in [1.54, 1.807) is 32.4 Å². The summed E-state index contributed by atoms with van der Waals surface area (Å²) in [7, 11) is 4.66. The third-order valence-corrected chi connectivity index (χ3v) is 4.47. The summed E-state index contributed by atoms with van der Waals surface area (Å²) in [6, 6.07) is 10.6. The molecule has 0 atom stereocenters. The van der Waals surface area contributed by atoms with Crippen molar-refractivity contribution in [3.05, 3.63) is 42.0 Å². The molecule has 7 nitrogen and oxygen atoms in total. The van der Waals surface area contributed by atoms with Crippen LogP contribution in [0.15, 0.2) is 36.4 Å². The van der Waals surface area contributed by atoms with Gasteiger partial charge in [-0.2, -0.15) is 0 Å². The first-order chi connectivity index (χ1) is 12.2. The van der Waals surface area contributed by atoms with E-state index in [1.165, 1.54) is 18.4 Å². The van der Waals surface area contributed by atoms with Crippen LogP contribution in [0.2, 0.25) is 0 Å². The molecular formula is C17H17N3O4S. The van der Waals surface area contributed by atoms with Gasteiger partial charge in [0.25, 0.3) is 5.91 Å². The Labute approximate surface area is 148 Å². The Hall–Kier alpha value is -3.00. The number of nitrogens with one attached hydrogen (secondary N) is 2. The van der Waals surface area contributed by atoms with Gasteiger partial charge in [-0.25, -0.2) is 4.98 Å². The van der Waals surface area contributed by atoms with E-state index in [0.717, 1.165) is 10.2 Å². The van der Waals surface area contributed by atoms with Gasteiger partial charge < -0.3 is 14.2 Å². The van der Waals surface area contributed by atoms with Crippen molar-refractivity contribution in [1.29, 1.82) is 0 Å². The fourth-order valence-electron chi connectivity index (χ4n) is 2.30. The van der Waals surface area contributed by atoms with Gasteiger partial charge in [0.2, 0.25) is 5.13 Å². The summed E-state index contributed by atoms with van der Waals surface area (Å²) in [5, 5.41) is 0.563. The molecule has 0 aliphatic carbocycles. The minimum absolute atomic E-state index is 0.313. The molecular weight excluding hydrogens is 342 g/mol. The number of carbonyl (C=O) groups is 1. The van der Waals surface area contributed by atoms with Crippen LogP contribution in [0.1, 0.15) is 10.4 Å². The van der Waals surface area contributed by atoms with Gasteiger partial charge in [0.05, 0.1) is 26.0 Å². The average Bonchev–Trinajstić information content (AvgIpc) is 3.08. The Morgan fingerprint density at radius 1 is 1.00 bits per heavy atom. The summed E-state index contributed by atoms with van der Waals surface area (Å²) in [6.45, 7) is 0. The zero-order chi connectivity index (χ0) is 17.8. The SMILES string of the molecule is COc1ccc(C(=O)NNc2nc3c(OC)cccc3s2)cc1OC. The van der Waals surface area contributed by atoms with Crippen LogP contribution in [0, 0.1) is 0 Å². The third kappa shape index (κ3) is 3.43. The van der Waals surface area contributed by atoms with Crippen molar-refractivity contribution in [2.45, 2.75) is 0 Å². The van der Waals surface area contributed by atoms with Crippen molar-refractivity contribution in [3.8, 4) is 17.2 Å². The second kappa shape index (κ2) is 7.27. The lowest BCUT2D eigenvalue weighted by Crippen LogP contribution is -2.29. The van der Waals surface area contributed by atoms with Crippen molar-refractivity contribution < 1.29 is 19.0 Å². The van der Waals surface area contributed by atoms with Gasteiger partial charge in [0.15, 0.2) is 11.5 Å². The van der Waals surface area contributed by atoms with E-state index in [1.807, 2.05) is 18.2 Å². The lowest BCUT2D eigenvalue weighted by molar-refractivity contribution is 0.0962. The number of hydrazine groups is 1. The fourth-order valence-corrected chi connectivity index (χ4v) is 3.14. The molecule has 0 fully saturated rings. The number of carbonyl (C=O) groups excluding carboxylic acids is 1. The smallest absolute Gasteiger partial charge is 0.269 e. The normalized spacial score (nSPS) is 10.4. The predicted octanol–water partition coefficient (Wildman–Crippen LogP) is 3.08. The van der Waals surface area contributed by atoms with Crippen molar-refractivity contribution in [2.24, 2.45) is 0 Å². The summed E-state index contributed by atoms with van der Waals surface area (Å²) < 4.78 is 16.6.